The summed E-state index contributed by atoms with van der Waals surface area (Å²) in [5.41, 5.74) is -0.147. The van der Waals surface area contributed by atoms with Gasteiger partial charge < -0.3 is 25.6 Å². The van der Waals surface area contributed by atoms with E-state index in [-0.39, 0.29) is 24.2 Å². The van der Waals surface area contributed by atoms with Crippen LogP contribution in [0.5, 0.6) is 0 Å². The smallest absolute Gasteiger partial charge is 0.183 e. The van der Waals surface area contributed by atoms with E-state index in [4.69, 9.17) is 16.7 Å². The first-order valence-electron chi connectivity index (χ1n) is 9.82. The summed E-state index contributed by atoms with van der Waals surface area (Å²) in [6.07, 6.45) is 6.06. The molecule has 3 heterocycles. The number of aromatic amines is 1. The highest BCUT2D eigenvalue weighted by Crippen LogP contribution is 2.36. The molecule has 8 nitrogen and oxygen atoms in total. The Balaban J connectivity index is 1.59. The Labute approximate surface area is 177 Å². The first-order chi connectivity index (χ1) is 14.4. The number of H-pyrrole nitrogens is 1. The molecule has 160 valence electrons. The molecular formula is C20H23ClFN5O3. The van der Waals surface area contributed by atoms with Gasteiger partial charge in [-0.05, 0) is 44.1 Å². The molecule has 3 atom stereocenters. The van der Waals surface area contributed by atoms with Crippen molar-refractivity contribution >= 4 is 28.5 Å². The van der Waals surface area contributed by atoms with Crippen molar-refractivity contribution in [3.8, 4) is 11.4 Å². The standard InChI is InChI=1S/C20H23ClFN5O3/c21-12-5-14-15(8-24-17(14)23-7-12)18-25-9-16(22)19(26-18)27-20(30)3-1-2-11(6-20)4-13(29)10-28/h5,7-9,11,13,28-30H,1-4,6,10H2,(H,23,24)(H,25,26,27). The number of hydrogen-bond acceptors (Lipinski definition) is 7. The van der Waals surface area contributed by atoms with Crippen molar-refractivity contribution < 1.29 is 19.7 Å². The van der Waals surface area contributed by atoms with Crippen LogP contribution in [-0.2, 0) is 0 Å². The topological polar surface area (TPSA) is 127 Å². The van der Waals surface area contributed by atoms with Crippen LogP contribution in [0.2, 0.25) is 5.02 Å². The van der Waals surface area contributed by atoms with Crippen LogP contribution in [0.1, 0.15) is 32.1 Å². The van der Waals surface area contributed by atoms with E-state index in [2.05, 4.69) is 25.3 Å². The van der Waals surface area contributed by atoms with Crippen LogP contribution in [-0.4, -0.2) is 53.7 Å². The number of fused-ring (bicyclic) bond motifs is 1. The third kappa shape index (κ3) is 4.39. The molecule has 3 unspecified atom stereocenters. The fourth-order valence-electron chi connectivity index (χ4n) is 4.11. The zero-order chi connectivity index (χ0) is 21.3. The molecule has 0 saturated heterocycles. The minimum atomic E-state index is -1.37. The second-order valence-electron chi connectivity index (χ2n) is 7.83. The lowest BCUT2D eigenvalue weighted by Crippen LogP contribution is -2.44. The van der Waals surface area contributed by atoms with Crippen LogP contribution in [0.15, 0.2) is 24.7 Å². The van der Waals surface area contributed by atoms with Crippen LogP contribution in [0.4, 0.5) is 10.2 Å². The minimum Gasteiger partial charge on any atom is -0.394 e. The average Bonchev–Trinajstić information content (AvgIpc) is 3.12. The lowest BCUT2D eigenvalue weighted by atomic mass is 9.80. The van der Waals surface area contributed by atoms with E-state index in [1.54, 1.807) is 12.3 Å². The minimum absolute atomic E-state index is 0.00426. The van der Waals surface area contributed by atoms with E-state index in [9.17, 15) is 14.6 Å². The Bertz CT molecular complexity index is 1050. The lowest BCUT2D eigenvalue weighted by molar-refractivity contribution is -0.00842. The van der Waals surface area contributed by atoms with Gasteiger partial charge in [-0.2, -0.15) is 0 Å². The van der Waals surface area contributed by atoms with E-state index in [0.29, 0.717) is 47.3 Å². The van der Waals surface area contributed by atoms with Crippen molar-refractivity contribution in [3.63, 3.8) is 0 Å². The molecule has 0 spiro atoms. The van der Waals surface area contributed by atoms with Crippen molar-refractivity contribution in [2.45, 2.75) is 43.9 Å². The largest absolute Gasteiger partial charge is 0.394 e. The van der Waals surface area contributed by atoms with Crippen LogP contribution in [0.3, 0.4) is 0 Å². The lowest BCUT2D eigenvalue weighted by Gasteiger charge is -2.38. The molecule has 5 N–H and O–H groups in total. The molecule has 3 aromatic heterocycles. The fourth-order valence-corrected chi connectivity index (χ4v) is 4.26. The number of rotatable bonds is 6. The maximum atomic E-state index is 14.5. The van der Waals surface area contributed by atoms with Gasteiger partial charge in [0.15, 0.2) is 17.5 Å². The first-order valence-corrected chi connectivity index (χ1v) is 10.2. The summed E-state index contributed by atoms with van der Waals surface area (Å²) in [5, 5.41) is 33.8. The Morgan fingerprint density at radius 2 is 2.20 bits per heavy atom. The highest BCUT2D eigenvalue weighted by Gasteiger charge is 2.36. The van der Waals surface area contributed by atoms with Crippen molar-refractivity contribution in [3.05, 3.63) is 35.5 Å². The summed E-state index contributed by atoms with van der Waals surface area (Å²) in [4.78, 5) is 15.6. The second-order valence-corrected chi connectivity index (χ2v) is 8.27. The highest BCUT2D eigenvalue weighted by molar-refractivity contribution is 6.31. The van der Waals surface area contributed by atoms with E-state index in [0.717, 1.165) is 12.6 Å². The Morgan fingerprint density at radius 3 is 3.00 bits per heavy atom. The molecule has 30 heavy (non-hydrogen) atoms. The van der Waals surface area contributed by atoms with E-state index in [1.807, 2.05) is 0 Å². The molecule has 0 aliphatic heterocycles. The Kier molecular flexibility index (Phi) is 5.88. The summed E-state index contributed by atoms with van der Waals surface area (Å²) < 4.78 is 14.5. The van der Waals surface area contributed by atoms with Gasteiger partial charge in [-0.15, -0.1) is 0 Å². The van der Waals surface area contributed by atoms with Gasteiger partial charge in [0.2, 0.25) is 0 Å². The predicted octanol–water partition coefficient (Wildman–Crippen LogP) is 2.85. The Morgan fingerprint density at radius 1 is 1.37 bits per heavy atom. The predicted molar refractivity (Wildman–Crippen MR) is 110 cm³/mol. The van der Waals surface area contributed by atoms with Crippen molar-refractivity contribution in [1.82, 2.24) is 19.9 Å². The zero-order valence-electron chi connectivity index (χ0n) is 16.1. The molecule has 1 fully saturated rings. The third-order valence-electron chi connectivity index (χ3n) is 5.48. The normalized spacial score (nSPS) is 22.9. The summed E-state index contributed by atoms with van der Waals surface area (Å²) >= 11 is 6.04. The maximum absolute atomic E-state index is 14.5. The van der Waals surface area contributed by atoms with Crippen LogP contribution in [0, 0.1) is 11.7 Å². The molecule has 1 aliphatic carbocycles. The molecule has 0 aromatic carbocycles. The SMILES string of the molecule is OCC(O)CC1CCCC(O)(Nc2nc(-c3c[nH]c4ncc(Cl)cc34)ncc2F)C1. The second kappa shape index (κ2) is 8.43. The van der Waals surface area contributed by atoms with Gasteiger partial charge in [0.25, 0.3) is 0 Å². The molecule has 3 aromatic rings. The number of nitrogens with zero attached hydrogens (tertiary/aromatic N) is 3. The van der Waals surface area contributed by atoms with Crippen LogP contribution < -0.4 is 5.32 Å². The van der Waals surface area contributed by atoms with E-state index in [1.165, 1.54) is 6.20 Å². The van der Waals surface area contributed by atoms with Crippen LogP contribution in [0.25, 0.3) is 22.4 Å². The molecular weight excluding hydrogens is 413 g/mol. The van der Waals surface area contributed by atoms with Crippen molar-refractivity contribution in [2.75, 3.05) is 11.9 Å². The van der Waals surface area contributed by atoms with Gasteiger partial charge in [0.1, 0.15) is 11.4 Å². The molecule has 0 bridgehead atoms. The van der Waals surface area contributed by atoms with E-state index >= 15 is 0 Å². The van der Waals surface area contributed by atoms with Gasteiger partial charge >= 0.3 is 0 Å². The number of pyridine rings is 1. The summed E-state index contributed by atoms with van der Waals surface area (Å²) in [6.45, 7) is -0.324. The Hall–Kier alpha value is -2.33. The first kappa shape index (κ1) is 20.9. The monoisotopic (exact) mass is 435 g/mol. The van der Waals surface area contributed by atoms with E-state index < -0.39 is 17.6 Å². The third-order valence-corrected chi connectivity index (χ3v) is 5.69. The number of nitrogens with one attached hydrogen (secondary N) is 2. The number of aromatic nitrogens is 4. The molecule has 4 rings (SSSR count). The van der Waals surface area contributed by atoms with Gasteiger partial charge in [-0.3, -0.25) is 0 Å². The van der Waals surface area contributed by atoms with Gasteiger partial charge in [0.05, 0.1) is 23.9 Å². The molecule has 1 aliphatic rings. The van der Waals surface area contributed by atoms with Gasteiger partial charge in [-0.25, -0.2) is 19.3 Å². The fraction of sp³-hybridized carbons (Fsp3) is 0.450. The maximum Gasteiger partial charge on any atom is 0.183 e. The number of aliphatic hydroxyl groups is 3. The summed E-state index contributed by atoms with van der Waals surface area (Å²) in [7, 11) is 0. The number of aliphatic hydroxyl groups excluding tert-OH is 2. The van der Waals surface area contributed by atoms with Crippen molar-refractivity contribution in [1.29, 1.82) is 0 Å². The molecule has 1 saturated carbocycles. The van der Waals surface area contributed by atoms with Crippen LogP contribution >= 0.6 is 11.6 Å². The molecule has 0 amide bonds. The average molecular weight is 436 g/mol. The summed E-state index contributed by atoms with van der Waals surface area (Å²) in [5.74, 6) is -0.513. The quantitative estimate of drug-likeness (QED) is 0.377. The summed E-state index contributed by atoms with van der Waals surface area (Å²) in [6, 6.07) is 1.72. The molecule has 10 heteroatoms. The van der Waals surface area contributed by atoms with Crippen molar-refractivity contribution in [2.24, 2.45) is 5.92 Å². The number of halogens is 2. The van der Waals surface area contributed by atoms with Gasteiger partial charge in [-0.1, -0.05) is 11.6 Å². The highest BCUT2D eigenvalue weighted by atomic mass is 35.5. The molecule has 0 radical (unpaired) electrons. The number of anilines is 1. The number of hydrogen-bond donors (Lipinski definition) is 5. The zero-order valence-corrected chi connectivity index (χ0v) is 16.9. The van der Waals surface area contributed by atoms with Gasteiger partial charge in [0, 0.05) is 23.3 Å².